The number of halogens is 1. The summed E-state index contributed by atoms with van der Waals surface area (Å²) in [5.74, 6) is -0.704. The minimum Gasteiger partial charge on any atom is -0.292 e. The Balaban J connectivity index is 2.78. The lowest BCUT2D eigenvalue weighted by Gasteiger charge is -1.97. The van der Waals surface area contributed by atoms with E-state index in [2.05, 4.69) is 21.2 Å². The van der Waals surface area contributed by atoms with Crippen molar-refractivity contribution in [3.8, 4) is 0 Å². The van der Waals surface area contributed by atoms with Gasteiger partial charge in [-0.3, -0.25) is 14.9 Å². The van der Waals surface area contributed by atoms with Crippen molar-refractivity contribution in [2.45, 2.75) is 6.92 Å². The number of carbonyl (C=O) groups excluding carboxylic acids is 2. The average Bonchev–Trinajstić information content (AvgIpc) is 2.33. The number of hydrogen-bond donors (Lipinski definition) is 1. The fourth-order valence-corrected chi connectivity index (χ4v) is 2.12. The number of imide groups is 1. The lowest BCUT2D eigenvalue weighted by atomic mass is 10.4. The van der Waals surface area contributed by atoms with E-state index in [0.29, 0.717) is 9.35 Å². The number of thiophene rings is 1. The van der Waals surface area contributed by atoms with Crippen LogP contribution in [0.4, 0.5) is 0 Å². The van der Waals surface area contributed by atoms with Gasteiger partial charge in [0, 0.05) is 11.4 Å². The monoisotopic (exact) mass is 247 g/mol. The summed E-state index contributed by atoms with van der Waals surface area (Å²) in [6.07, 6.45) is 0. The lowest BCUT2D eigenvalue weighted by Crippen LogP contribution is -2.27. The highest BCUT2D eigenvalue weighted by Gasteiger charge is 2.11. The van der Waals surface area contributed by atoms with Gasteiger partial charge in [-0.25, -0.2) is 0 Å². The van der Waals surface area contributed by atoms with Crippen molar-refractivity contribution in [3.63, 3.8) is 0 Å². The molecule has 0 unspecified atom stereocenters. The molecule has 1 heterocycles. The van der Waals surface area contributed by atoms with Crippen molar-refractivity contribution in [2.24, 2.45) is 0 Å². The van der Waals surface area contributed by atoms with Crippen molar-refractivity contribution in [1.29, 1.82) is 0 Å². The third-order valence-corrected chi connectivity index (χ3v) is 2.95. The van der Waals surface area contributed by atoms with E-state index in [0.717, 1.165) is 0 Å². The van der Waals surface area contributed by atoms with E-state index in [4.69, 9.17) is 0 Å². The summed E-state index contributed by atoms with van der Waals surface area (Å²) >= 11 is 4.48. The first-order chi connectivity index (χ1) is 5.61. The first kappa shape index (κ1) is 9.41. The molecule has 1 rings (SSSR count). The number of carbonyl (C=O) groups is 2. The maximum atomic E-state index is 11.2. The van der Waals surface area contributed by atoms with Gasteiger partial charge in [-0.15, -0.1) is 11.3 Å². The number of rotatable bonds is 1. The van der Waals surface area contributed by atoms with Crippen LogP contribution in [0.25, 0.3) is 0 Å². The number of amides is 2. The van der Waals surface area contributed by atoms with Crippen LogP contribution in [-0.4, -0.2) is 11.8 Å². The van der Waals surface area contributed by atoms with Crippen LogP contribution in [0.5, 0.6) is 0 Å². The van der Waals surface area contributed by atoms with Crippen molar-refractivity contribution in [1.82, 2.24) is 5.32 Å². The summed E-state index contributed by atoms with van der Waals surface area (Å²) in [6, 6.07) is 1.76. The Morgan fingerprint density at radius 2 is 2.25 bits per heavy atom. The number of nitrogens with one attached hydrogen (secondary N) is 1. The molecular formula is C7H6BrNO2S. The molecule has 0 radical (unpaired) electrons. The minimum atomic E-state index is -0.357. The molecule has 0 bridgehead atoms. The van der Waals surface area contributed by atoms with Gasteiger partial charge in [0.2, 0.25) is 5.91 Å². The molecule has 0 saturated carbocycles. The highest BCUT2D eigenvalue weighted by molar-refractivity contribution is 9.10. The predicted molar refractivity (Wildman–Crippen MR) is 50.2 cm³/mol. The smallest absolute Gasteiger partial charge is 0.269 e. The molecule has 0 fully saturated rings. The minimum absolute atomic E-state index is 0.347. The van der Waals surface area contributed by atoms with Gasteiger partial charge in [0.25, 0.3) is 5.91 Å². The Kier molecular flexibility index (Phi) is 2.99. The van der Waals surface area contributed by atoms with E-state index in [1.54, 1.807) is 11.4 Å². The molecule has 0 aliphatic heterocycles. The summed E-state index contributed by atoms with van der Waals surface area (Å²) in [4.78, 5) is 22.2. The van der Waals surface area contributed by atoms with Crippen LogP contribution >= 0.6 is 27.3 Å². The van der Waals surface area contributed by atoms with Crippen molar-refractivity contribution >= 4 is 39.1 Å². The van der Waals surface area contributed by atoms with E-state index >= 15 is 0 Å². The fourth-order valence-electron chi connectivity index (χ4n) is 0.672. The summed E-state index contributed by atoms with van der Waals surface area (Å²) in [5.41, 5.74) is 0. The lowest BCUT2D eigenvalue weighted by molar-refractivity contribution is -0.118. The van der Waals surface area contributed by atoms with Crippen LogP contribution in [0.3, 0.4) is 0 Å². The number of hydrogen-bond acceptors (Lipinski definition) is 3. The molecule has 2 amide bonds. The van der Waals surface area contributed by atoms with E-state index in [1.165, 1.54) is 18.3 Å². The molecule has 1 aromatic heterocycles. The molecule has 0 saturated heterocycles. The second kappa shape index (κ2) is 3.82. The van der Waals surface area contributed by atoms with Crippen LogP contribution in [0.15, 0.2) is 15.9 Å². The van der Waals surface area contributed by atoms with Crippen LogP contribution in [0.1, 0.15) is 16.6 Å². The van der Waals surface area contributed by atoms with Crippen LogP contribution in [0, 0.1) is 0 Å². The zero-order chi connectivity index (χ0) is 9.14. The molecule has 0 aliphatic rings. The molecule has 1 aromatic rings. The Morgan fingerprint density at radius 3 is 2.67 bits per heavy atom. The second-order valence-electron chi connectivity index (χ2n) is 2.11. The van der Waals surface area contributed by atoms with Crippen molar-refractivity contribution in [3.05, 3.63) is 20.8 Å². The largest absolute Gasteiger partial charge is 0.292 e. The quantitative estimate of drug-likeness (QED) is 0.823. The molecule has 3 nitrogen and oxygen atoms in total. The normalized spacial score (nSPS) is 9.50. The molecule has 12 heavy (non-hydrogen) atoms. The molecule has 0 aliphatic carbocycles. The van der Waals surface area contributed by atoms with E-state index in [1.807, 2.05) is 0 Å². The van der Waals surface area contributed by atoms with Gasteiger partial charge in [-0.2, -0.15) is 0 Å². The van der Waals surface area contributed by atoms with Gasteiger partial charge in [0.15, 0.2) is 0 Å². The van der Waals surface area contributed by atoms with E-state index in [9.17, 15) is 9.59 Å². The first-order valence-corrected chi connectivity index (χ1v) is 4.83. The van der Waals surface area contributed by atoms with Gasteiger partial charge in [-0.1, -0.05) is 0 Å². The second-order valence-corrected chi connectivity index (χ2v) is 3.88. The maximum absolute atomic E-state index is 11.2. The van der Waals surface area contributed by atoms with Gasteiger partial charge < -0.3 is 0 Å². The SMILES string of the molecule is CC(=O)NC(=O)c1sccc1Br. The molecule has 5 heteroatoms. The molecule has 0 spiro atoms. The third kappa shape index (κ3) is 2.15. The first-order valence-electron chi connectivity index (χ1n) is 3.16. The zero-order valence-electron chi connectivity index (χ0n) is 6.26. The van der Waals surface area contributed by atoms with Gasteiger partial charge in [0.05, 0.1) is 0 Å². The Bertz CT molecular complexity index is 321. The average molecular weight is 248 g/mol. The standard InChI is InChI=1S/C7H6BrNO2S/c1-4(10)9-7(11)6-5(8)2-3-12-6/h2-3H,1H3,(H,9,10,11). The van der Waals surface area contributed by atoms with E-state index < -0.39 is 0 Å². The topological polar surface area (TPSA) is 46.2 Å². The van der Waals surface area contributed by atoms with Crippen molar-refractivity contribution in [2.75, 3.05) is 0 Å². The molecule has 0 atom stereocenters. The highest BCUT2D eigenvalue weighted by atomic mass is 79.9. The predicted octanol–water partition coefficient (Wildman–Crippen LogP) is 1.79. The molecule has 0 aromatic carbocycles. The summed E-state index contributed by atoms with van der Waals surface area (Å²) in [5, 5.41) is 3.97. The van der Waals surface area contributed by atoms with E-state index in [-0.39, 0.29) is 11.8 Å². The Hall–Kier alpha value is -0.680. The zero-order valence-corrected chi connectivity index (χ0v) is 8.66. The third-order valence-electron chi connectivity index (χ3n) is 1.11. The summed E-state index contributed by atoms with van der Waals surface area (Å²) in [7, 11) is 0. The molecule has 1 N–H and O–H groups in total. The van der Waals surface area contributed by atoms with Gasteiger partial charge in [-0.05, 0) is 27.4 Å². The fraction of sp³-hybridized carbons (Fsp3) is 0.143. The van der Waals surface area contributed by atoms with Gasteiger partial charge >= 0.3 is 0 Å². The Labute approximate surface area is 81.9 Å². The van der Waals surface area contributed by atoms with Crippen LogP contribution in [0.2, 0.25) is 0 Å². The highest BCUT2D eigenvalue weighted by Crippen LogP contribution is 2.21. The summed E-state index contributed by atoms with van der Waals surface area (Å²) < 4.78 is 0.714. The summed E-state index contributed by atoms with van der Waals surface area (Å²) in [6.45, 7) is 1.30. The maximum Gasteiger partial charge on any atom is 0.269 e. The molecular weight excluding hydrogens is 242 g/mol. The van der Waals surface area contributed by atoms with Gasteiger partial charge in [0.1, 0.15) is 4.88 Å². The molecule has 64 valence electrons. The van der Waals surface area contributed by atoms with Crippen molar-refractivity contribution < 1.29 is 9.59 Å². The van der Waals surface area contributed by atoms with Crippen LogP contribution in [-0.2, 0) is 4.79 Å². The van der Waals surface area contributed by atoms with Crippen LogP contribution < -0.4 is 5.32 Å². The Morgan fingerprint density at radius 1 is 1.58 bits per heavy atom.